The Hall–Kier alpha value is -0.710. The molecule has 1 aliphatic rings. The van der Waals surface area contributed by atoms with Gasteiger partial charge < -0.3 is 5.11 Å². The molecule has 1 fully saturated rings. The molecule has 20 heavy (non-hydrogen) atoms. The van der Waals surface area contributed by atoms with Crippen molar-refractivity contribution in [3.63, 3.8) is 0 Å². The number of thioether (sulfide) groups is 2. The SMILES string of the molecule is CC1SCC(C(O)c2cccc3cccnc23)SC1C. The van der Waals surface area contributed by atoms with Crippen molar-refractivity contribution >= 4 is 34.4 Å². The van der Waals surface area contributed by atoms with Crippen molar-refractivity contribution in [1.82, 2.24) is 4.98 Å². The van der Waals surface area contributed by atoms with Gasteiger partial charge in [-0.1, -0.05) is 38.1 Å². The summed E-state index contributed by atoms with van der Waals surface area (Å²) in [5.74, 6) is 1.00. The first kappa shape index (κ1) is 14.2. The number of rotatable bonds is 2. The first-order valence-corrected chi connectivity index (χ1v) is 8.94. The van der Waals surface area contributed by atoms with Gasteiger partial charge in [-0.2, -0.15) is 23.5 Å². The van der Waals surface area contributed by atoms with E-state index in [1.807, 2.05) is 53.9 Å². The molecule has 1 N–H and O–H groups in total. The average molecular weight is 305 g/mol. The lowest BCUT2D eigenvalue weighted by Crippen LogP contribution is -2.30. The molecule has 4 heteroatoms. The number of para-hydroxylation sites is 1. The lowest BCUT2D eigenvalue weighted by Gasteiger charge is -2.34. The number of hydrogen-bond donors (Lipinski definition) is 1. The minimum atomic E-state index is -0.443. The molecule has 2 heterocycles. The number of aliphatic hydroxyl groups is 1. The third-order valence-corrected chi connectivity index (χ3v) is 7.39. The van der Waals surface area contributed by atoms with E-state index in [-0.39, 0.29) is 5.25 Å². The van der Waals surface area contributed by atoms with E-state index in [0.717, 1.165) is 22.2 Å². The van der Waals surface area contributed by atoms with Crippen LogP contribution in [-0.4, -0.2) is 31.6 Å². The summed E-state index contributed by atoms with van der Waals surface area (Å²) in [7, 11) is 0. The fourth-order valence-electron chi connectivity index (χ4n) is 2.54. The topological polar surface area (TPSA) is 33.1 Å². The van der Waals surface area contributed by atoms with Gasteiger partial charge in [0, 0.05) is 38.6 Å². The summed E-state index contributed by atoms with van der Waals surface area (Å²) in [6.07, 6.45) is 1.35. The Bertz CT molecular complexity index is 599. The molecule has 3 rings (SSSR count). The number of aliphatic hydroxyl groups excluding tert-OH is 1. The first-order chi connectivity index (χ1) is 9.66. The molecular weight excluding hydrogens is 286 g/mol. The van der Waals surface area contributed by atoms with Crippen molar-refractivity contribution in [2.75, 3.05) is 5.75 Å². The summed E-state index contributed by atoms with van der Waals surface area (Å²) >= 11 is 3.87. The van der Waals surface area contributed by atoms with E-state index in [2.05, 4.69) is 18.8 Å². The quantitative estimate of drug-likeness (QED) is 0.912. The zero-order chi connectivity index (χ0) is 14.1. The Morgan fingerprint density at radius 3 is 2.80 bits per heavy atom. The molecule has 1 aromatic carbocycles. The van der Waals surface area contributed by atoms with Crippen LogP contribution in [0.5, 0.6) is 0 Å². The maximum atomic E-state index is 10.8. The van der Waals surface area contributed by atoms with Gasteiger partial charge in [0.2, 0.25) is 0 Å². The van der Waals surface area contributed by atoms with Crippen LogP contribution < -0.4 is 0 Å². The number of benzene rings is 1. The molecule has 2 aromatic rings. The van der Waals surface area contributed by atoms with Crippen molar-refractivity contribution < 1.29 is 5.11 Å². The van der Waals surface area contributed by atoms with Crippen LogP contribution in [0.25, 0.3) is 10.9 Å². The molecular formula is C16H19NOS2. The Morgan fingerprint density at radius 2 is 2.00 bits per heavy atom. The minimum Gasteiger partial charge on any atom is -0.387 e. The minimum absolute atomic E-state index is 0.249. The van der Waals surface area contributed by atoms with Crippen LogP contribution in [0.1, 0.15) is 25.5 Å². The molecule has 0 spiro atoms. The normalized spacial score (nSPS) is 28.4. The monoisotopic (exact) mass is 305 g/mol. The molecule has 0 aliphatic carbocycles. The van der Waals surface area contributed by atoms with Gasteiger partial charge in [-0.3, -0.25) is 4.98 Å². The maximum Gasteiger partial charge on any atom is 0.0937 e. The number of pyridine rings is 1. The molecule has 4 atom stereocenters. The largest absolute Gasteiger partial charge is 0.387 e. The highest BCUT2D eigenvalue weighted by molar-refractivity contribution is 8.07. The predicted molar refractivity (Wildman–Crippen MR) is 89.5 cm³/mol. The Kier molecular flexibility index (Phi) is 4.24. The smallest absolute Gasteiger partial charge is 0.0937 e. The highest BCUT2D eigenvalue weighted by atomic mass is 32.2. The summed E-state index contributed by atoms with van der Waals surface area (Å²) in [6, 6.07) is 10.1. The zero-order valence-corrected chi connectivity index (χ0v) is 13.3. The average Bonchev–Trinajstić information content (AvgIpc) is 2.49. The summed E-state index contributed by atoms with van der Waals surface area (Å²) < 4.78 is 0. The number of fused-ring (bicyclic) bond motifs is 1. The van der Waals surface area contributed by atoms with E-state index < -0.39 is 6.10 Å². The van der Waals surface area contributed by atoms with Gasteiger partial charge in [-0.05, 0) is 6.07 Å². The fraction of sp³-hybridized carbons (Fsp3) is 0.438. The van der Waals surface area contributed by atoms with E-state index in [4.69, 9.17) is 0 Å². The highest BCUT2D eigenvalue weighted by Gasteiger charge is 2.31. The van der Waals surface area contributed by atoms with Gasteiger partial charge in [-0.25, -0.2) is 0 Å². The molecule has 0 radical (unpaired) electrons. The van der Waals surface area contributed by atoms with Gasteiger partial charge in [0.15, 0.2) is 0 Å². The van der Waals surface area contributed by atoms with Crippen LogP contribution in [0, 0.1) is 0 Å². The maximum absolute atomic E-state index is 10.8. The molecule has 1 saturated heterocycles. The van der Waals surface area contributed by atoms with Crippen molar-refractivity contribution in [3.8, 4) is 0 Å². The second-order valence-corrected chi connectivity index (χ2v) is 8.32. The van der Waals surface area contributed by atoms with Crippen LogP contribution >= 0.6 is 23.5 Å². The Balaban J connectivity index is 1.91. The van der Waals surface area contributed by atoms with E-state index >= 15 is 0 Å². The summed E-state index contributed by atoms with van der Waals surface area (Å²) in [6.45, 7) is 4.52. The van der Waals surface area contributed by atoms with Gasteiger partial charge in [-0.15, -0.1) is 0 Å². The van der Waals surface area contributed by atoms with Crippen molar-refractivity contribution in [1.29, 1.82) is 0 Å². The number of hydrogen-bond acceptors (Lipinski definition) is 4. The summed E-state index contributed by atoms with van der Waals surface area (Å²) in [5, 5.41) is 13.4. The van der Waals surface area contributed by atoms with Crippen molar-refractivity contribution in [2.45, 2.75) is 35.7 Å². The van der Waals surface area contributed by atoms with Gasteiger partial charge in [0.05, 0.1) is 11.6 Å². The molecule has 4 unspecified atom stereocenters. The lowest BCUT2D eigenvalue weighted by atomic mass is 10.0. The number of nitrogens with zero attached hydrogens (tertiary/aromatic N) is 1. The van der Waals surface area contributed by atoms with Gasteiger partial charge in [0.1, 0.15) is 0 Å². The predicted octanol–water partition coefficient (Wildman–Crippen LogP) is 3.89. The van der Waals surface area contributed by atoms with Crippen molar-refractivity contribution in [2.24, 2.45) is 0 Å². The van der Waals surface area contributed by atoms with E-state index in [0.29, 0.717) is 10.5 Å². The number of aromatic nitrogens is 1. The Labute approximate surface area is 128 Å². The standard InChI is InChI=1S/C16H19NOS2/c1-10-11(2)20-14(9-19-10)16(18)13-7-3-5-12-6-4-8-17-15(12)13/h3-8,10-11,14,16,18H,9H2,1-2H3. The molecule has 1 aromatic heterocycles. The molecule has 0 bridgehead atoms. The van der Waals surface area contributed by atoms with Gasteiger partial charge in [0.25, 0.3) is 0 Å². The third-order valence-electron chi connectivity index (χ3n) is 3.91. The van der Waals surface area contributed by atoms with Crippen LogP contribution in [0.2, 0.25) is 0 Å². The van der Waals surface area contributed by atoms with Gasteiger partial charge >= 0.3 is 0 Å². The molecule has 1 aliphatic heterocycles. The zero-order valence-electron chi connectivity index (χ0n) is 11.7. The first-order valence-electron chi connectivity index (χ1n) is 6.95. The molecule has 0 amide bonds. The van der Waals surface area contributed by atoms with Crippen molar-refractivity contribution in [3.05, 3.63) is 42.1 Å². The van der Waals surface area contributed by atoms with E-state index in [1.54, 1.807) is 6.20 Å². The van der Waals surface area contributed by atoms with Crippen LogP contribution in [-0.2, 0) is 0 Å². The van der Waals surface area contributed by atoms with Crippen LogP contribution in [0.15, 0.2) is 36.5 Å². The third kappa shape index (κ3) is 2.69. The highest BCUT2D eigenvalue weighted by Crippen LogP contribution is 2.41. The lowest BCUT2D eigenvalue weighted by molar-refractivity contribution is 0.181. The van der Waals surface area contributed by atoms with Crippen LogP contribution in [0.3, 0.4) is 0 Å². The fourth-order valence-corrected chi connectivity index (χ4v) is 5.53. The van der Waals surface area contributed by atoms with Crippen LogP contribution in [0.4, 0.5) is 0 Å². The summed E-state index contributed by atoms with van der Waals surface area (Å²) in [5.41, 5.74) is 1.89. The molecule has 0 saturated carbocycles. The molecule has 2 nitrogen and oxygen atoms in total. The molecule has 106 valence electrons. The van der Waals surface area contributed by atoms with E-state index in [1.165, 1.54) is 0 Å². The second-order valence-electron chi connectivity index (χ2n) is 5.29. The van der Waals surface area contributed by atoms with E-state index in [9.17, 15) is 5.11 Å². The second kappa shape index (κ2) is 5.96. The summed E-state index contributed by atoms with van der Waals surface area (Å²) in [4.78, 5) is 4.45. The Morgan fingerprint density at radius 1 is 1.20 bits per heavy atom.